The Balaban J connectivity index is 2.05. The molecule has 0 aromatic heterocycles. The van der Waals surface area contributed by atoms with Gasteiger partial charge in [0, 0.05) is 11.6 Å². The third-order valence-corrected chi connectivity index (χ3v) is 4.15. The van der Waals surface area contributed by atoms with Gasteiger partial charge in [-0.25, -0.2) is 0 Å². The van der Waals surface area contributed by atoms with Gasteiger partial charge in [0.1, 0.15) is 5.75 Å². The molecule has 0 radical (unpaired) electrons. The lowest BCUT2D eigenvalue weighted by Gasteiger charge is -2.21. The largest absolute Gasteiger partial charge is 0.496 e. The minimum absolute atomic E-state index is 0.0729. The van der Waals surface area contributed by atoms with Crippen LogP contribution in [-0.4, -0.2) is 48.6 Å². The molecular weight excluding hydrogens is 310 g/mol. The molecule has 1 unspecified atom stereocenters. The van der Waals surface area contributed by atoms with Crippen LogP contribution in [-0.2, 0) is 0 Å². The van der Waals surface area contributed by atoms with Crippen molar-refractivity contribution in [1.29, 1.82) is 0 Å². The van der Waals surface area contributed by atoms with Crippen LogP contribution in [0, 0.1) is 0 Å². The van der Waals surface area contributed by atoms with Gasteiger partial charge in [-0.2, -0.15) is 0 Å². The highest BCUT2D eigenvalue weighted by molar-refractivity contribution is 9.10. The van der Waals surface area contributed by atoms with E-state index in [4.69, 9.17) is 4.74 Å². The van der Waals surface area contributed by atoms with Crippen LogP contribution in [0.4, 0.5) is 0 Å². The second-order valence-electron chi connectivity index (χ2n) is 4.72. The molecule has 4 nitrogen and oxygen atoms in total. The molecule has 1 aliphatic rings. The van der Waals surface area contributed by atoms with E-state index in [1.165, 1.54) is 0 Å². The number of nitrogens with zero attached hydrogens (tertiary/aromatic N) is 1. The van der Waals surface area contributed by atoms with Gasteiger partial charge in [-0.1, -0.05) is 0 Å². The van der Waals surface area contributed by atoms with Crippen molar-refractivity contribution < 1.29 is 14.6 Å². The molecule has 2 rings (SSSR count). The molecule has 0 aliphatic carbocycles. The van der Waals surface area contributed by atoms with Gasteiger partial charge < -0.3 is 9.84 Å². The van der Waals surface area contributed by atoms with E-state index in [-0.39, 0.29) is 18.4 Å². The number of rotatable bonds is 5. The maximum absolute atomic E-state index is 12.2. The van der Waals surface area contributed by atoms with E-state index in [9.17, 15) is 9.90 Å². The molecular formula is C14H18BrNO3. The molecule has 19 heavy (non-hydrogen) atoms. The van der Waals surface area contributed by atoms with Crippen molar-refractivity contribution in [3.8, 4) is 5.75 Å². The lowest BCUT2D eigenvalue weighted by molar-refractivity contribution is 0.0888. The molecule has 1 aromatic rings. The number of aliphatic hydroxyl groups excluding tert-OH is 1. The number of methoxy groups -OCH3 is 1. The molecule has 0 amide bonds. The highest BCUT2D eigenvalue weighted by atomic mass is 79.9. The fraction of sp³-hybridized carbons (Fsp3) is 0.500. The number of hydrogen-bond acceptors (Lipinski definition) is 4. The van der Waals surface area contributed by atoms with Crippen molar-refractivity contribution >= 4 is 21.7 Å². The Morgan fingerprint density at radius 2 is 2.37 bits per heavy atom. The zero-order chi connectivity index (χ0) is 13.8. The molecule has 104 valence electrons. The summed E-state index contributed by atoms with van der Waals surface area (Å²) in [7, 11) is 1.59. The Bertz CT molecular complexity index is 464. The van der Waals surface area contributed by atoms with Crippen molar-refractivity contribution in [2.75, 3.05) is 26.8 Å². The van der Waals surface area contributed by atoms with Gasteiger partial charge in [-0.05, 0) is 53.5 Å². The molecule has 1 fully saturated rings. The Morgan fingerprint density at radius 1 is 1.58 bits per heavy atom. The van der Waals surface area contributed by atoms with Gasteiger partial charge >= 0.3 is 0 Å². The Hall–Kier alpha value is -0.910. The van der Waals surface area contributed by atoms with Crippen molar-refractivity contribution in [3.63, 3.8) is 0 Å². The molecule has 1 N–H and O–H groups in total. The highest BCUT2D eigenvalue weighted by Crippen LogP contribution is 2.26. The molecule has 5 heteroatoms. The van der Waals surface area contributed by atoms with E-state index < -0.39 is 0 Å². The molecule has 1 atom stereocenters. The van der Waals surface area contributed by atoms with Crippen LogP contribution in [0.5, 0.6) is 5.75 Å². The van der Waals surface area contributed by atoms with E-state index in [1.807, 2.05) is 0 Å². The molecule has 1 heterocycles. The number of halogens is 1. The number of likely N-dealkylation sites (tertiary alicyclic amines) is 1. The van der Waals surface area contributed by atoms with Crippen LogP contribution < -0.4 is 4.74 Å². The quantitative estimate of drug-likeness (QED) is 0.841. The van der Waals surface area contributed by atoms with Crippen LogP contribution in [0.2, 0.25) is 0 Å². The lowest BCUT2D eigenvalue weighted by Crippen LogP contribution is -2.36. The lowest BCUT2D eigenvalue weighted by atomic mass is 10.1. The fourth-order valence-corrected chi connectivity index (χ4v) is 2.97. The first-order valence-corrected chi connectivity index (χ1v) is 7.16. The predicted octanol–water partition coefficient (Wildman–Crippen LogP) is 2.10. The number of benzene rings is 1. The van der Waals surface area contributed by atoms with Crippen LogP contribution in [0.3, 0.4) is 0 Å². The van der Waals surface area contributed by atoms with Crippen LogP contribution >= 0.6 is 15.9 Å². The summed E-state index contributed by atoms with van der Waals surface area (Å²) in [5.41, 5.74) is 0.663. The number of hydrogen-bond donors (Lipinski definition) is 1. The van der Waals surface area contributed by atoms with Crippen LogP contribution in [0.25, 0.3) is 0 Å². The Kier molecular flexibility index (Phi) is 4.96. The van der Waals surface area contributed by atoms with Gasteiger partial charge in [0.15, 0.2) is 5.78 Å². The zero-order valence-corrected chi connectivity index (χ0v) is 12.5. The van der Waals surface area contributed by atoms with Crippen LogP contribution in [0.15, 0.2) is 22.7 Å². The fourth-order valence-electron chi connectivity index (χ4n) is 2.43. The minimum Gasteiger partial charge on any atom is -0.496 e. The first-order valence-electron chi connectivity index (χ1n) is 6.37. The van der Waals surface area contributed by atoms with Crippen molar-refractivity contribution in [2.24, 2.45) is 0 Å². The van der Waals surface area contributed by atoms with Crippen molar-refractivity contribution in [2.45, 2.75) is 18.9 Å². The predicted molar refractivity (Wildman–Crippen MR) is 76.7 cm³/mol. The highest BCUT2D eigenvalue weighted by Gasteiger charge is 2.25. The van der Waals surface area contributed by atoms with Gasteiger partial charge in [-0.15, -0.1) is 0 Å². The SMILES string of the molecule is COc1ccc(C(=O)CN2CCCC2CO)cc1Br. The van der Waals surface area contributed by atoms with Crippen molar-refractivity contribution in [1.82, 2.24) is 4.90 Å². The summed E-state index contributed by atoms with van der Waals surface area (Å²) in [5, 5.41) is 9.26. The third-order valence-electron chi connectivity index (χ3n) is 3.53. The molecule has 0 spiro atoms. The van der Waals surface area contributed by atoms with Gasteiger partial charge in [0.2, 0.25) is 0 Å². The van der Waals surface area contributed by atoms with Gasteiger partial charge in [-0.3, -0.25) is 9.69 Å². The summed E-state index contributed by atoms with van der Waals surface area (Å²) in [5.74, 6) is 0.787. The topological polar surface area (TPSA) is 49.8 Å². The molecule has 1 aliphatic heterocycles. The second-order valence-corrected chi connectivity index (χ2v) is 5.58. The van der Waals surface area contributed by atoms with Crippen LogP contribution in [0.1, 0.15) is 23.2 Å². The van der Waals surface area contributed by atoms with E-state index >= 15 is 0 Å². The zero-order valence-electron chi connectivity index (χ0n) is 10.9. The van der Waals surface area contributed by atoms with E-state index in [0.717, 1.165) is 23.9 Å². The maximum Gasteiger partial charge on any atom is 0.176 e. The summed E-state index contributed by atoms with van der Waals surface area (Å²) >= 11 is 3.38. The average molecular weight is 328 g/mol. The molecule has 0 bridgehead atoms. The Labute approximate surface area is 121 Å². The number of aliphatic hydroxyl groups is 1. The first kappa shape index (κ1) is 14.5. The first-order chi connectivity index (χ1) is 9.15. The smallest absolute Gasteiger partial charge is 0.176 e. The normalized spacial score (nSPS) is 19.6. The maximum atomic E-state index is 12.2. The number of ether oxygens (including phenoxy) is 1. The Morgan fingerprint density at radius 3 is 3.00 bits per heavy atom. The monoisotopic (exact) mass is 327 g/mol. The van der Waals surface area contributed by atoms with Crippen molar-refractivity contribution in [3.05, 3.63) is 28.2 Å². The average Bonchev–Trinajstić information content (AvgIpc) is 2.85. The third kappa shape index (κ3) is 3.35. The summed E-state index contributed by atoms with van der Waals surface area (Å²) in [6.07, 6.45) is 2.01. The van der Waals surface area contributed by atoms with Gasteiger partial charge in [0.05, 0.1) is 24.7 Å². The summed E-state index contributed by atoms with van der Waals surface area (Å²) in [6.45, 7) is 1.37. The van der Waals surface area contributed by atoms with Gasteiger partial charge in [0.25, 0.3) is 0 Å². The number of ketones is 1. The van der Waals surface area contributed by atoms with E-state index in [0.29, 0.717) is 17.9 Å². The standard InChI is InChI=1S/C14H18BrNO3/c1-19-14-5-4-10(7-12(14)15)13(18)8-16-6-2-3-11(16)9-17/h4-5,7,11,17H,2-3,6,8-9H2,1H3. The number of carbonyl (C=O) groups is 1. The molecule has 0 saturated carbocycles. The summed E-state index contributed by atoms with van der Waals surface area (Å²) < 4.78 is 5.92. The number of carbonyl (C=O) groups excluding carboxylic acids is 1. The van der Waals surface area contributed by atoms with E-state index in [2.05, 4.69) is 20.8 Å². The number of Topliss-reactive ketones (excluding diaryl/α,β-unsaturated/α-hetero) is 1. The summed E-state index contributed by atoms with van der Waals surface area (Å²) in [6, 6.07) is 5.47. The summed E-state index contributed by atoms with van der Waals surface area (Å²) in [4.78, 5) is 14.3. The molecule has 1 aromatic carbocycles. The second kappa shape index (κ2) is 6.50. The van der Waals surface area contributed by atoms with E-state index in [1.54, 1.807) is 25.3 Å². The minimum atomic E-state index is 0.0729. The molecule has 1 saturated heterocycles.